The Bertz CT molecular complexity index is 423. The van der Waals surface area contributed by atoms with E-state index in [1.54, 1.807) is 6.07 Å². The molecule has 2 N–H and O–H groups in total. The summed E-state index contributed by atoms with van der Waals surface area (Å²) in [5.74, 6) is 0.199. The molecule has 1 aromatic rings. The van der Waals surface area contributed by atoms with Crippen molar-refractivity contribution in [1.29, 1.82) is 0 Å². The van der Waals surface area contributed by atoms with Crippen LogP contribution in [-0.4, -0.2) is 35.2 Å². The van der Waals surface area contributed by atoms with Crippen molar-refractivity contribution < 1.29 is 14.4 Å². The second kappa shape index (κ2) is 5.39. The third-order valence-corrected chi connectivity index (χ3v) is 3.77. The van der Waals surface area contributed by atoms with Gasteiger partial charge in [-0.05, 0) is 44.4 Å². The maximum atomic E-state index is 13.3. The quantitative estimate of drug-likeness (QED) is 0.758. The van der Waals surface area contributed by atoms with Crippen LogP contribution in [0, 0.1) is 11.7 Å². The predicted octanol–water partition coefficient (Wildman–Crippen LogP) is 0.736. The van der Waals surface area contributed by atoms with Crippen LogP contribution in [0.1, 0.15) is 25.3 Å². The van der Waals surface area contributed by atoms with Gasteiger partial charge in [-0.15, -0.1) is 0 Å². The summed E-state index contributed by atoms with van der Waals surface area (Å²) in [6, 6.07) is 5.02. The topological polar surface area (TPSA) is 43.7 Å². The van der Waals surface area contributed by atoms with Gasteiger partial charge in [-0.2, -0.15) is 0 Å². The predicted molar refractivity (Wildman–Crippen MR) is 69.9 cm³/mol. The van der Waals surface area contributed by atoms with Crippen LogP contribution in [0.3, 0.4) is 0 Å². The van der Waals surface area contributed by atoms with Crippen molar-refractivity contribution in [2.24, 2.45) is 5.92 Å². The molecule has 0 spiro atoms. The number of rotatable bonds is 5. The highest BCUT2D eigenvalue weighted by molar-refractivity contribution is 6.58. The van der Waals surface area contributed by atoms with E-state index in [0.29, 0.717) is 12.6 Å². The van der Waals surface area contributed by atoms with E-state index in [1.807, 2.05) is 7.05 Å². The Morgan fingerprint density at radius 2 is 2.11 bits per heavy atom. The standard InChI is InChI=1S/C13H19BFNO2/c1-9(11-4-5-11)16(2)8-10-3-6-13(15)12(7-10)14(17)18/h3,6-7,9,11,17-18H,4-5,8H2,1-2H3. The molecule has 0 saturated heterocycles. The van der Waals surface area contributed by atoms with E-state index in [2.05, 4.69) is 11.8 Å². The molecule has 0 heterocycles. The molecule has 2 rings (SSSR count). The molecule has 0 bridgehead atoms. The Labute approximate surface area is 107 Å². The van der Waals surface area contributed by atoms with Gasteiger partial charge in [-0.1, -0.05) is 12.1 Å². The van der Waals surface area contributed by atoms with Crippen LogP contribution < -0.4 is 5.46 Å². The first kappa shape index (κ1) is 13.5. The molecule has 0 aromatic heterocycles. The molecule has 5 heteroatoms. The summed E-state index contributed by atoms with van der Waals surface area (Å²) in [6.07, 6.45) is 2.57. The van der Waals surface area contributed by atoms with Crippen LogP contribution >= 0.6 is 0 Å². The van der Waals surface area contributed by atoms with Gasteiger partial charge >= 0.3 is 7.12 Å². The van der Waals surface area contributed by atoms with Crippen LogP contribution in [0.4, 0.5) is 4.39 Å². The molecule has 18 heavy (non-hydrogen) atoms. The summed E-state index contributed by atoms with van der Waals surface area (Å²) in [5, 5.41) is 18.1. The van der Waals surface area contributed by atoms with Gasteiger partial charge in [0.25, 0.3) is 0 Å². The number of benzene rings is 1. The SMILES string of the molecule is CC(C1CC1)N(C)Cc1ccc(F)c(B(O)O)c1. The lowest BCUT2D eigenvalue weighted by Crippen LogP contribution is -2.34. The normalized spacial score (nSPS) is 17.0. The highest BCUT2D eigenvalue weighted by atomic mass is 19.1. The Morgan fingerprint density at radius 3 is 2.67 bits per heavy atom. The van der Waals surface area contributed by atoms with Crippen molar-refractivity contribution in [3.8, 4) is 0 Å². The summed E-state index contributed by atoms with van der Waals surface area (Å²) in [4.78, 5) is 2.22. The summed E-state index contributed by atoms with van der Waals surface area (Å²) < 4.78 is 13.3. The minimum absolute atomic E-state index is 0.0556. The van der Waals surface area contributed by atoms with E-state index in [0.717, 1.165) is 11.5 Å². The summed E-state index contributed by atoms with van der Waals surface area (Å²) in [7, 11) is 0.289. The summed E-state index contributed by atoms with van der Waals surface area (Å²) >= 11 is 0. The van der Waals surface area contributed by atoms with Gasteiger partial charge in [0.2, 0.25) is 0 Å². The number of hydrogen-bond acceptors (Lipinski definition) is 3. The molecule has 1 aromatic carbocycles. The van der Waals surface area contributed by atoms with Crippen molar-refractivity contribution in [1.82, 2.24) is 4.90 Å². The van der Waals surface area contributed by atoms with E-state index in [9.17, 15) is 4.39 Å². The van der Waals surface area contributed by atoms with Crippen molar-refractivity contribution >= 4 is 12.6 Å². The third kappa shape index (κ3) is 3.10. The van der Waals surface area contributed by atoms with E-state index >= 15 is 0 Å². The Hall–Kier alpha value is -0.905. The van der Waals surface area contributed by atoms with E-state index in [-0.39, 0.29) is 5.46 Å². The first-order chi connectivity index (χ1) is 8.49. The molecule has 1 aliphatic rings. The van der Waals surface area contributed by atoms with Gasteiger partial charge < -0.3 is 10.0 Å². The average Bonchev–Trinajstić information content (AvgIpc) is 3.14. The van der Waals surface area contributed by atoms with Crippen LogP contribution in [0.5, 0.6) is 0 Å². The van der Waals surface area contributed by atoms with Gasteiger partial charge in [0.1, 0.15) is 5.82 Å². The zero-order valence-corrected chi connectivity index (χ0v) is 10.8. The number of nitrogens with zero attached hydrogens (tertiary/aromatic N) is 1. The monoisotopic (exact) mass is 251 g/mol. The minimum atomic E-state index is -1.75. The van der Waals surface area contributed by atoms with Crippen LogP contribution in [-0.2, 0) is 6.54 Å². The van der Waals surface area contributed by atoms with Gasteiger partial charge in [-0.25, -0.2) is 4.39 Å². The van der Waals surface area contributed by atoms with Crippen LogP contribution in [0.25, 0.3) is 0 Å². The zero-order chi connectivity index (χ0) is 13.3. The van der Waals surface area contributed by atoms with Gasteiger partial charge in [0, 0.05) is 18.0 Å². The van der Waals surface area contributed by atoms with Gasteiger partial charge in [0.15, 0.2) is 0 Å². The second-order valence-electron chi connectivity index (χ2n) is 5.22. The van der Waals surface area contributed by atoms with Crippen molar-refractivity contribution in [3.05, 3.63) is 29.6 Å². The zero-order valence-electron chi connectivity index (χ0n) is 10.8. The molecular formula is C13H19BFNO2. The lowest BCUT2D eigenvalue weighted by atomic mass is 9.79. The lowest BCUT2D eigenvalue weighted by molar-refractivity contribution is 0.226. The summed E-state index contributed by atoms with van der Waals surface area (Å²) in [6.45, 7) is 2.89. The average molecular weight is 251 g/mol. The van der Waals surface area contributed by atoms with Gasteiger partial charge in [0.05, 0.1) is 0 Å². The number of hydrogen-bond donors (Lipinski definition) is 2. The van der Waals surface area contributed by atoms with E-state index < -0.39 is 12.9 Å². The Morgan fingerprint density at radius 1 is 1.44 bits per heavy atom. The molecule has 1 atom stereocenters. The maximum absolute atomic E-state index is 13.3. The van der Waals surface area contributed by atoms with Crippen molar-refractivity contribution in [2.75, 3.05) is 7.05 Å². The molecular weight excluding hydrogens is 232 g/mol. The second-order valence-corrected chi connectivity index (χ2v) is 5.22. The van der Waals surface area contributed by atoms with Crippen LogP contribution in [0.15, 0.2) is 18.2 Å². The minimum Gasteiger partial charge on any atom is -0.423 e. The fourth-order valence-electron chi connectivity index (χ4n) is 2.26. The number of halogens is 1. The lowest BCUT2D eigenvalue weighted by Gasteiger charge is -2.24. The molecule has 0 amide bonds. The Balaban J connectivity index is 2.06. The van der Waals surface area contributed by atoms with Gasteiger partial charge in [-0.3, -0.25) is 4.90 Å². The van der Waals surface area contributed by atoms with E-state index in [1.165, 1.54) is 25.0 Å². The fraction of sp³-hybridized carbons (Fsp3) is 0.538. The molecule has 1 aliphatic carbocycles. The van der Waals surface area contributed by atoms with Crippen molar-refractivity contribution in [2.45, 2.75) is 32.4 Å². The molecule has 1 fully saturated rings. The molecule has 3 nitrogen and oxygen atoms in total. The smallest absolute Gasteiger partial charge is 0.423 e. The molecule has 1 unspecified atom stereocenters. The first-order valence-electron chi connectivity index (χ1n) is 6.33. The molecule has 1 saturated carbocycles. The highest BCUT2D eigenvalue weighted by Crippen LogP contribution is 2.35. The molecule has 98 valence electrons. The van der Waals surface area contributed by atoms with Crippen molar-refractivity contribution in [3.63, 3.8) is 0 Å². The highest BCUT2D eigenvalue weighted by Gasteiger charge is 2.30. The first-order valence-corrected chi connectivity index (χ1v) is 6.33. The molecule has 0 aliphatic heterocycles. The fourth-order valence-corrected chi connectivity index (χ4v) is 2.26. The third-order valence-electron chi connectivity index (χ3n) is 3.77. The largest absolute Gasteiger partial charge is 0.491 e. The maximum Gasteiger partial charge on any atom is 0.491 e. The van der Waals surface area contributed by atoms with Crippen LogP contribution in [0.2, 0.25) is 0 Å². The molecule has 0 radical (unpaired) electrons. The van der Waals surface area contributed by atoms with E-state index in [4.69, 9.17) is 10.0 Å². The summed E-state index contributed by atoms with van der Waals surface area (Å²) in [5.41, 5.74) is 0.842. The Kier molecular flexibility index (Phi) is 4.05.